The zero-order valence-electron chi connectivity index (χ0n) is 19.7. The van der Waals surface area contributed by atoms with Crippen LogP contribution in [0.2, 0.25) is 0 Å². The Morgan fingerprint density at radius 3 is 2.16 bits per heavy atom. The van der Waals surface area contributed by atoms with Gasteiger partial charge in [-0.2, -0.15) is 0 Å². The molecule has 4 rings (SSSR count). The van der Waals surface area contributed by atoms with Gasteiger partial charge in [-0.05, 0) is 83.2 Å². The van der Waals surface area contributed by atoms with Crippen molar-refractivity contribution in [3.8, 4) is 0 Å². The highest BCUT2D eigenvalue weighted by Gasteiger charge is 2.40. The van der Waals surface area contributed by atoms with Crippen molar-refractivity contribution in [1.82, 2.24) is 20.0 Å². The third-order valence-electron chi connectivity index (χ3n) is 7.50. The number of guanidine groups is 1. The van der Waals surface area contributed by atoms with Gasteiger partial charge < -0.3 is 20.0 Å². The molecule has 0 aromatic heterocycles. The molecule has 0 amide bonds. The highest BCUT2D eigenvalue weighted by Crippen LogP contribution is 2.31. The molecule has 0 spiro atoms. The zero-order chi connectivity index (χ0) is 21.7. The smallest absolute Gasteiger partial charge is 0.193 e. The molecule has 3 heterocycles. The fourth-order valence-electron chi connectivity index (χ4n) is 5.41. The summed E-state index contributed by atoms with van der Waals surface area (Å²) in [6, 6.07) is 6.84. The minimum atomic E-state index is -0.177. The topological polar surface area (TPSA) is 37.4 Å². The van der Waals surface area contributed by atoms with Crippen LogP contribution in [0.15, 0.2) is 29.3 Å². The van der Waals surface area contributed by atoms with Crippen LogP contribution in [0.4, 0.5) is 10.1 Å². The van der Waals surface area contributed by atoms with E-state index in [1.807, 2.05) is 19.2 Å². The lowest BCUT2D eigenvalue weighted by Gasteiger charge is -2.50. The van der Waals surface area contributed by atoms with Gasteiger partial charge in [0, 0.05) is 51.0 Å². The molecule has 8 heteroatoms. The first-order valence-electron chi connectivity index (χ1n) is 12.0. The molecule has 32 heavy (non-hydrogen) atoms. The second-order valence-corrected chi connectivity index (χ2v) is 9.43. The van der Waals surface area contributed by atoms with Gasteiger partial charge >= 0.3 is 0 Å². The van der Waals surface area contributed by atoms with Crippen LogP contribution >= 0.6 is 24.0 Å². The number of hydrogen-bond acceptors (Lipinski definition) is 4. The van der Waals surface area contributed by atoms with Crippen LogP contribution < -0.4 is 10.2 Å². The lowest BCUT2D eigenvalue weighted by molar-refractivity contribution is 0.0169. The van der Waals surface area contributed by atoms with E-state index >= 15 is 0 Å². The molecule has 0 aliphatic carbocycles. The summed E-state index contributed by atoms with van der Waals surface area (Å²) in [6.45, 7) is 9.50. The van der Waals surface area contributed by atoms with E-state index in [0.717, 1.165) is 44.4 Å². The largest absolute Gasteiger partial charge is 0.368 e. The quantitative estimate of drug-likeness (QED) is 0.350. The van der Waals surface area contributed by atoms with Crippen LogP contribution in [0.3, 0.4) is 0 Å². The summed E-state index contributed by atoms with van der Waals surface area (Å²) < 4.78 is 13.2. The molecule has 0 atom stereocenters. The van der Waals surface area contributed by atoms with Gasteiger partial charge in [-0.3, -0.25) is 9.89 Å². The maximum absolute atomic E-state index is 13.2. The van der Waals surface area contributed by atoms with Crippen LogP contribution in [0.5, 0.6) is 0 Å². The Morgan fingerprint density at radius 1 is 0.938 bits per heavy atom. The molecule has 1 aromatic carbocycles. The number of aliphatic imine (C=N–C) groups is 1. The summed E-state index contributed by atoms with van der Waals surface area (Å²) in [5.74, 6) is 0.845. The van der Waals surface area contributed by atoms with Gasteiger partial charge in [-0.25, -0.2) is 4.39 Å². The predicted molar refractivity (Wildman–Crippen MR) is 142 cm³/mol. The number of hydrogen-bond donors (Lipinski definition) is 1. The van der Waals surface area contributed by atoms with Crippen molar-refractivity contribution in [3.05, 3.63) is 30.1 Å². The summed E-state index contributed by atoms with van der Waals surface area (Å²) >= 11 is 0. The number of likely N-dealkylation sites (tertiary alicyclic amines) is 2. The fraction of sp³-hybridized carbons (Fsp3) is 0.708. The van der Waals surface area contributed by atoms with Crippen molar-refractivity contribution in [3.63, 3.8) is 0 Å². The van der Waals surface area contributed by atoms with Gasteiger partial charge in [0.15, 0.2) is 5.96 Å². The van der Waals surface area contributed by atoms with Gasteiger partial charge in [0.25, 0.3) is 0 Å². The Labute approximate surface area is 210 Å². The fourth-order valence-corrected chi connectivity index (χ4v) is 5.41. The van der Waals surface area contributed by atoms with Crippen LogP contribution in [-0.2, 0) is 0 Å². The van der Waals surface area contributed by atoms with E-state index in [9.17, 15) is 4.39 Å². The van der Waals surface area contributed by atoms with Crippen molar-refractivity contribution >= 4 is 35.6 Å². The van der Waals surface area contributed by atoms with Gasteiger partial charge in [0.05, 0.1) is 0 Å². The molecule has 0 unspecified atom stereocenters. The maximum atomic E-state index is 13.2. The predicted octanol–water partition coefficient (Wildman–Crippen LogP) is 3.09. The molecule has 6 nitrogen and oxygen atoms in total. The normalized spacial score (nSPS) is 23.0. The minimum absolute atomic E-state index is 0. The highest BCUT2D eigenvalue weighted by atomic mass is 127. The number of benzene rings is 1. The lowest BCUT2D eigenvalue weighted by atomic mass is 9.84. The second-order valence-electron chi connectivity index (χ2n) is 9.43. The van der Waals surface area contributed by atoms with Crippen molar-refractivity contribution in [2.75, 3.05) is 77.9 Å². The molecular formula is C24H40FIN6. The van der Waals surface area contributed by atoms with E-state index < -0.39 is 0 Å². The van der Waals surface area contributed by atoms with Crippen LogP contribution in [0.1, 0.15) is 32.1 Å². The number of rotatable bonds is 4. The zero-order valence-corrected chi connectivity index (χ0v) is 22.1. The Kier molecular flexibility index (Phi) is 9.43. The van der Waals surface area contributed by atoms with Crippen molar-refractivity contribution < 1.29 is 4.39 Å². The number of piperidine rings is 2. The molecule has 0 radical (unpaired) electrons. The Bertz CT molecular complexity index is 721. The molecule has 1 aromatic rings. The SMILES string of the molecule is CN=C(NCC1(N2CCCCC2)CCN(C)CC1)N1CCN(c2ccc(F)cc2)CC1.I. The standard InChI is InChI=1S/C24H39FN6.HI/c1-26-23(30-18-16-29(17-19-30)22-8-6-21(25)7-9-22)27-20-24(10-14-28(2)15-11-24)31-12-4-3-5-13-31;/h6-9H,3-5,10-20H2,1-2H3,(H,26,27);1H. The van der Waals surface area contributed by atoms with E-state index in [0.29, 0.717) is 0 Å². The molecule has 3 aliphatic rings. The van der Waals surface area contributed by atoms with E-state index in [1.54, 1.807) is 12.1 Å². The van der Waals surface area contributed by atoms with Crippen molar-refractivity contribution in [2.45, 2.75) is 37.6 Å². The number of piperazine rings is 1. The average Bonchev–Trinajstić information content (AvgIpc) is 2.82. The molecule has 1 N–H and O–H groups in total. The van der Waals surface area contributed by atoms with E-state index in [-0.39, 0.29) is 35.3 Å². The Morgan fingerprint density at radius 2 is 1.56 bits per heavy atom. The summed E-state index contributed by atoms with van der Waals surface area (Å²) in [6.07, 6.45) is 6.49. The van der Waals surface area contributed by atoms with Crippen molar-refractivity contribution in [2.24, 2.45) is 4.99 Å². The number of anilines is 1. The van der Waals surface area contributed by atoms with E-state index in [2.05, 4.69) is 37.0 Å². The minimum Gasteiger partial charge on any atom is -0.368 e. The maximum Gasteiger partial charge on any atom is 0.193 e. The number of halogens is 2. The van der Waals surface area contributed by atoms with Gasteiger partial charge in [0.1, 0.15) is 5.82 Å². The molecule has 3 fully saturated rings. The number of nitrogens with zero attached hydrogens (tertiary/aromatic N) is 5. The summed E-state index contributed by atoms with van der Waals surface area (Å²) in [4.78, 5) is 14.6. The third kappa shape index (κ3) is 6.05. The first-order valence-corrected chi connectivity index (χ1v) is 12.0. The summed E-state index contributed by atoms with van der Waals surface area (Å²) in [5, 5.41) is 3.77. The monoisotopic (exact) mass is 558 g/mol. The molecular weight excluding hydrogens is 518 g/mol. The Balaban J connectivity index is 0.00000289. The lowest BCUT2D eigenvalue weighted by Crippen LogP contribution is -2.63. The van der Waals surface area contributed by atoms with Gasteiger partial charge in [0.2, 0.25) is 0 Å². The highest BCUT2D eigenvalue weighted by molar-refractivity contribution is 14.0. The average molecular weight is 559 g/mol. The second kappa shape index (κ2) is 11.8. The molecule has 0 bridgehead atoms. The third-order valence-corrected chi connectivity index (χ3v) is 7.50. The van der Waals surface area contributed by atoms with Crippen LogP contribution in [0.25, 0.3) is 0 Å². The molecule has 0 saturated carbocycles. The molecule has 3 saturated heterocycles. The van der Waals surface area contributed by atoms with Crippen LogP contribution in [-0.4, -0.2) is 99.2 Å². The Hall–Kier alpha value is -1.13. The van der Waals surface area contributed by atoms with E-state index in [1.165, 1.54) is 58.3 Å². The van der Waals surface area contributed by atoms with E-state index in [4.69, 9.17) is 0 Å². The van der Waals surface area contributed by atoms with Gasteiger partial charge in [-0.15, -0.1) is 24.0 Å². The first-order chi connectivity index (χ1) is 15.1. The van der Waals surface area contributed by atoms with Gasteiger partial charge in [-0.1, -0.05) is 6.42 Å². The molecule has 3 aliphatic heterocycles. The summed E-state index contributed by atoms with van der Waals surface area (Å²) in [5.41, 5.74) is 1.35. The van der Waals surface area contributed by atoms with Crippen LogP contribution in [0, 0.1) is 5.82 Å². The first kappa shape index (κ1) is 25.5. The summed E-state index contributed by atoms with van der Waals surface area (Å²) in [7, 11) is 4.14. The number of nitrogens with one attached hydrogen (secondary N) is 1. The van der Waals surface area contributed by atoms with Crippen molar-refractivity contribution in [1.29, 1.82) is 0 Å². The molecule has 180 valence electrons.